The van der Waals surface area contributed by atoms with Crippen molar-refractivity contribution in [1.82, 2.24) is 4.98 Å². The Balaban J connectivity index is 2.15. The summed E-state index contributed by atoms with van der Waals surface area (Å²) < 4.78 is 0. The van der Waals surface area contributed by atoms with Crippen molar-refractivity contribution >= 4 is 11.6 Å². The van der Waals surface area contributed by atoms with E-state index in [9.17, 15) is 5.11 Å². The zero-order chi connectivity index (χ0) is 13.1. The highest BCUT2D eigenvalue weighted by Crippen LogP contribution is 2.24. The molecule has 1 aromatic carbocycles. The van der Waals surface area contributed by atoms with Gasteiger partial charge in [0.2, 0.25) is 0 Å². The highest BCUT2D eigenvalue weighted by molar-refractivity contribution is 6.31. The van der Waals surface area contributed by atoms with Crippen molar-refractivity contribution in [3.63, 3.8) is 0 Å². The minimum atomic E-state index is -0.571. The lowest BCUT2D eigenvalue weighted by Crippen LogP contribution is -2.03. The Hall–Kier alpha value is -1.38. The molecule has 18 heavy (non-hydrogen) atoms. The molecule has 0 spiro atoms. The fourth-order valence-electron chi connectivity index (χ4n) is 1.82. The van der Waals surface area contributed by atoms with Crippen LogP contribution in [0.1, 0.15) is 28.5 Å². The van der Waals surface area contributed by atoms with Crippen LogP contribution in [0.25, 0.3) is 0 Å². The Kier molecular flexibility index (Phi) is 4.00. The number of halogens is 1. The normalized spacial score (nSPS) is 12.4. The van der Waals surface area contributed by atoms with E-state index in [4.69, 9.17) is 11.6 Å². The molecular formula is C15H16ClNO. The summed E-state index contributed by atoms with van der Waals surface area (Å²) in [5.74, 6) is 0. The average molecular weight is 262 g/mol. The van der Waals surface area contributed by atoms with Gasteiger partial charge in [0.1, 0.15) is 0 Å². The molecule has 0 aliphatic rings. The molecule has 2 rings (SSSR count). The molecule has 0 radical (unpaired) electrons. The molecule has 0 amide bonds. The fraction of sp³-hybridized carbons (Fsp3) is 0.267. The third-order valence-corrected chi connectivity index (χ3v) is 3.29. The van der Waals surface area contributed by atoms with Gasteiger partial charge in [-0.3, -0.25) is 4.98 Å². The number of benzene rings is 1. The molecule has 1 N–H and O–H groups in total. The van der Waals surface area contributed by atoms with Crippen molar-refractivity contribution in [2.24, 2.45) is 0 Å². The maximum absolute atomic E-state index is 10.2. The van der Waals surface area contributed by atoms with E-state index >= 15 is 0 Å². The minimum absolute atomic E-state index is 0.504. The molecule has 94 valence electrons. The molecule has 0 aliphatic heterocycles. The highest BCUT2D eigenvalue weighted by Gasteiger charge is 2.11. The smallest absolute Gasteiger partial charge is 0.0845 e. The summed E-state index contributed by atoms with van der Waals surface area (Å²) in [6.07, 6.45) is 1.64. The highest BCUT2D eigenvalue weighted by atomic mass is 35.5. The van der Waals surface area contributed by atoms with Crippen molar-refractivity contribution < 1.29 is 5.11 Å². The molecule has 2 nitrogen and oxygen atoms in total. The monoisotopic (exact) mass is 261 g/mol. The first kappa shape index (κ1) is 13.1. The molecule has 0 saturated carbocycles. The minimum Gasteiger partial charge on any atom is -0.388 e. The second-order valence-electron chi connectivity index (χ2n) is 4.55. The lowest BCUT2D eigenvalue weighted by atomic mass is 10.0. The van der Waals surface area contributed by atoms with Gasteiger partial charge in [-0.2, -0.15) is 0 Å². The molecule has 0 fully saturated rings. The maximum atomic E-state index is 10.2. The van der Waals surface area contributed by atoms with Crippen molar-refractivity contribution in [1.29, 1.82) is 0 Å². The molecule has 0 bridgehead atoms. The number of nitrogens with zero attached hydrogens (tertiary/aromatic N) is 1. The summed E-state index contributed by atoms with van der Waals surface area (Å²) in [6, 6.07) is 9.67. The summed E-state index contributed by atoms with van der Waals surface area (Å²) >= 11 is 6.16. The van der Waals surface area contributed by atoms with Crippen LogP contribution in [0.2, 0.25) is 5.02 Å². The summed E-state index contributed by atoms with van der Waals surface area (Å²) in [4.78, 5) is 4.19. The molecule has 1 atom stereocenters. The van der Waals surface area contributed by atoms with Crippen LogP contribution >= 0.6 is 11.6 Å². The van der Waals surface area contributed by atoms with Crippen LogP contribution in [0, 0.1) is 13.8 Å². The van der Waals surface area contributed by atoms with E-state index in [1.165, 1.54) is 0 Å². The summed E-state index contributed by atoms with van der Waals surface area (Å²) in [6.45, 7) is 3.92. The number of hydrogen-bond acceptors (Lipinski definition) is 2. The fourth-order valence-corrected chi connectivity index (χ4v) is 2.13. The van der Waals surface area contributed by atoms with Crippen molar-refractivity contribution in [2.75, 3.05) is 0 Å². The first-order valence-corrected chi connectivity index (χ1v) is 6.29. The van der Waals surface area contributed by atoms with E-state index in [-0.39, 0.29) is 0 Å². The number of aliphatic hydroxyl groups excluding tert-OH is 1. The number of hydrogen-bond donors (Lipinski definition) is 1. The van der Waals surface area contributed by atoms with Crippen LogP contribution in [0.5, 0.6) is 0 Å². The second-order valence-corrected chi connectivity index (χ2v) is 4.95. The van der Waals surface area contributed by atoms with Crippen molar-refractivity contribution in [3.8, 4) is 0 Å². The van der Waals surface area contributed by atoms with Gasteiger partial charge in [-0.15, -0.1) is 0 Å². The maximum Gasteiger partial charge on any atom is 0.0845 e. The van der Waals surface area contributed by atoms with Gasteiger partial charge in [-0.05, 0) is 42.7 Å². The molecule has 1 aromatic heterocycles. The molecule has 0 aliphatic carbocycles. The zero-order valence-electron chi connectivity index (χ0n) is 10.5. The van der Waals surface area contributed by atoms with E-state index in [1.807, 2.05) is 44.2 Å². The lowest BCUT2D eigenvalue weighted by molar-refractivity contribution is 0.178. The Morgan fingerprint density at radius 3 is 2.61 bits per heavy atom. The molecule has 2 aromatic rings. The molecule has 1 unspecified atom stereocenters. The van der Waals surface area contributed by atoms with Gasteiger partial charge >= 0.3 is 0 Å². The zero-order valence-corrected chi connectivity index (χ0v) is 11.3. The predicted molar refractivity (Wildman–Crippen MR) is 73.8 cm³/mol. The number of rotatable bonds is 3. The van der Waals surface area contributed by atoms with Crippen LogP contribution in [0.3, 0.4) is 0 Å². The van der Waals surface area contributed by atoms with Crippen LogP contribution in [0.15, 0.2) is 36.5 Å². The third-order valence-electron chi connectivity index (χ3n) is 2.94. The molecular weight excluding hydrogens is 246 g/mol. The predicted octanol–water partition coefficient (Wildman–Crippen LogP) is 3.63. The second kappa shape index (κ2) is 5.51. The van der Waals surface area contributed by atoms with E-state index in [0.717, 1.165) is 22.4 Å². The number of pyridine rings is 1. The van der Waals surface area contributed by atoms with E-state index in [2.05, 4.69) is 4.98 Å². The largest absolute Gasteiger partial charge is 0.388 e. The third kappa shape index (κ3) is 3.09. The van der Waals surface area contributed by atoms with Crippen LogP contribution < -0.4 is 0 Å². The van der Waals surface area contributed by atoms with Crippen LogP contribution in [0.4, 0.5) is 0 Å². The van der Waals surface area contributed by atoms with E-state index < -0.39 is 6.10 Å². The SMILES string of the molecule is Cc1ccc(CC(O)c2ccc(C)nc2)c(Cl)c1. The van der Waals surface area contributed by atoms with Crippen molar-refractivity contribution in [2.45, 2.75) is 26.4 Å². The van der Waals surface area contributed by atoms with Gasteiger partial charge in [-0.25, -0.2) is 0 Å². The molecule has 1 heterocycles. The Bertz CT molecular complexity index is 537. The Morgan fingerprint density at radius 1 is 1.22 bits per heavy atom. The summed E-state index contributed by atoms with van der Waals surface area (Å²) in [7, 11) is 0. The van der Waals surface area contributed by atoms with Crippen LogP contribution in [-0.4, -0.2) is 10.1 Å². The van der Waals surface area contributed by atoms with Crippen LogP contribution in [-0.2, 0) is 6.42 Å². The topological polar surface area (TPSA) is 33.1 Å². The lowest BCUT2D eigenvalue weighted by Gasteiger charge is -2.12. The van der Waals surface area contributed by atoms with Gasteiger partial charge in [0.25, 0.3) is 0 Å². The van der Waals surface area contributed by atoms with Gasteiger partial charge < -0.3 is 5.11 Å². The average Bonchev–Trinajstić information content (AvgIpc) is 2.33. The van der Waals surface area contributed by atoms with Gasteiger partial charge in [0.05, 0.1) is 6.10 Å². The standard InChI is InChI=1S/C15H16ClNO/c1-10-3-5-12(14(16)7-10)8-15(18)13-6-4-11(2)17-9-13/h3-7,9,15,18H,8H2,1-2H3. The number of aliphatic hydroxyl groups is 1. The number of aryl methyl sites for hydroxylation is 2. The summed E-state index contributed by atoms with van der Waals surface area (Å²) in [5, 5.41) is 10.9. The molecule has 0 saturated heterocycles. The van der Waals surface area contributed by atoms with Gasteiger partial charge in [-0.1, -0.05) is 29.8 Å². The van der Waals surface area contributed by atoms with E-state index in [1.54, 1.807) is 6.20 Å². The first-order chi connectivity index (χ1) is 8.56. The molecule has 3 heteroatoms. The van der Waals surface area contributed by atoms with Gasteiger partial charge in [0.15, 0.2) is 0 Å². The first-order valence-electron chi connectivity index (χ1n) is 5.92. The quantitative estimate of drug-likeness (QED) is 0.915. The van der Waals surface area contributed by atoms with Gasteiger partial charge in [0, 0.05) is 23.3 Å². The number of aromatic nitrogens is 1. The van der Waals surface area contributed by atoms with E-state index in [0.29, 0.717) is 11.4 Å². The summed E-state index contributed by atoms with van der Waals surface area (Å²) in [5.41, 5.74) is 3.84. The Morgan fingerprint density at radius 2 is 2.00 bits per heavy atom. The van der Waals surface area contributed by atoms with Crippen molar-refractivity contribution in [3.05, 3.63) is 63.9 Å². The Labute approximate surface area is 112 Å².